The second-order valence-corrected chi connectivity index (χ2v) is 32.1. The van der Waals surface area contributed by atoms with Gasteiger partial charge in [-0.25, -0.2) is 0 Å². The molecule has 0 aromatic heterocycles. The van der Waals surface area contributed by atoms with E-state index in [0.717, 1.165) is 11.5 Å². The Morgan fingerprint density at radius 3 is 1.52 bits per heavy atom. The van der Waals surface area contributed by atoms with Crippen molar-refractivity contribution < 1.29 is 19.1 Å². The number of carbonyl (C=O) groups excluding carboxylic acids is 2. The molecule has 0 saturated heterocycles. The third-order valence-corrected chi connectivity index (χ3v) is 34.6. The van der Waals surface area contributed by atoms with E-state index < -0.39 is 15.6 Å². The number of ether oxygens (including phenoxy) is 2. The van der Waals surface area contributed by atoms with Crippen LogP contribution in [0.2, 0.25) is 8.87 Å². The minimum absolute atomic E-state index is 0.122. The summed E-state index contributed by atoms with van der Waals surface area (Å²) in [7, 11) is 7.04. The van der Waals surface area contributed by atoms with Crippen molar-refractivity contribution in [2.75, 3.05) is 25.7 Å². The van der Waals surface area contributed by atoms with E-state index in [1.54, 1.807) is 0 Å². The van der Waals surface area contributed by atoms with E-state index in [0.29, 0.717) is 12.8 Å². The quantitative estimate of drug-likeness (QED) is 0.272. The van der Waals surface area contributed by atoms with E-state index in [1.807, 2.05) is 0 Å². The molecule has 23 heavy (non-hydrogen) atoms. The molecule has 0 aliphatic rings. The van der Waals surface area contributed by atoms with E-state index in [-0.39, 0.29) is 11.9 Å². The Morgan fingerprint density at radius 1 is 0.826 bits per heavy atom. The van der Waals surface area contributed by atoms with E-state index in [2.05, 4.69) is 31.7 Å². The molecule has 0 heterocycles. The zero-order valence-electron chi connectivity index (χ0n) is 15.0. The van der Waals surface area contributed by atoms with Gasteiger partial charge in [-0.05, 0) is 0 Å². The Labute approximate surface area is 151 Å². The number of rotatable bonds is 14. The van der Waals surface area contributed by atoms with Gasteiger partial charge in [0.2, 0.25) is 0 Å². The van der Waals surface area contributed by atoms with Crippen molar-refractivity contribution in [3.8, 4) is 0 Å². The van der Waals surface area contributed by atoms with Gasteiger partial charge in [0.1, 0.15) is 0 Å². The molecule has 0 aliphatic carbocycles. The number of unbranched alkanes of at least 4 members (excludes halogenated alkanes) is 2. The van der Waals surface area contributed by atoms with E-state index >= 15 is 0 Å². The van der Waals surface area contributed by atoms with E-state index in [9.17, 15) is 9.59 Å². The summed E-state index contributed by atoms with van der Waals surface area (Å²) in [6.07, 6.45) is 5.93. The summed E-state index contributed by atoms with van der Waals surface area (Å²) >= 11 is -2.43. The molecule has 0 spiro atoms. The molecule has 0 aromatic carbocycles. The van der Waals surface area contributed by atoms with Crippen molar-refractivity contribution in [1.82, 2.24) is 0 Å². The summed E-state index contributed by atoms with van der Waals surface area (Å²) < 4.78 is 12.2. The molecule has 0 aliphatic heterocycles. The van der Waals surface area contributed by atoms with Crippen LogP contribution in [-0.4, -0.2) is 53.3 Å². The van der Waals surface area contributed by atoms with Crippen LogP contribution in [0.5, 0.6) is 0 Å². The molecule has 0 radical (unpaired) electrons. The molecule has 4 nitrogen and oxygen atoms in total. The predicted octanol–water partition coefficient (Wildman–Crippen LogP) is 4.62. The van der Waals surface area contributed by atoms with Crippen molar-refractivity contribution in [3.05, 3.63) is 0 Å². The van der Waals surface area contributed by atoms with Crippen molar-refractivity contribution in [1.29, 1.82) is 0 Å². The van der Waals surface area contributed by atoms with Gasteiger partial charge in [0.25, 0.3) is 0 Å². The fraction of sp³-hybridized carbons (Fsp3) is 0.875. The number of hydrogen-bond donors (Lipinski definition) is 0. The fourth-order valence-corrected chi connectivity index (χ4v) is 32.6. The molecule has 0 aromatic rings. The molecule has 0 fully saturated rings. The molecule has 136 valence electrons. The average Bonchev–Trinajstić information content (AvgIpc) is 2.57. The van der Waals surface area contributed by atoms with Crippen molar-refractivity contribution in [3.63, 3.8) is 0 Å². The Bertz CT molecular complexity index is 308. The van der Waals surface area contributed by atoms with Crippen LogP contribution in [0.25, 0.3) is 0 Å². The number of methoxy groups -OCH3 is 2. The van der Waals surface area contributed by atoms with Crippen molar-refractivity contribution in [2.24, 2.45) is 0 Å². The van der Waals surface area contributed by atoms with Crippen LogP contribution < -0.4 is 0 Å². The molecule has 0 saturated carbocycles. The second-order valence-electron chi connectivity index (χ2n) is 5.47. The summed E-state index contributed by atoms with van der Waals surface area (Å²) in [4.78, 5) is 22.8. The predicted molar refractivity (Wildman–Crippen MR) is 103 cm³/mol. The van der Waals surface area contributed by atoms with E-state index in [1.165, 1.54) is 48.8 Å². The van der Waals surface area contributed by atoms with Crippen molar-refractivity contribution in [2.45, 2.75) is 61.2 Å². The molecule has 0 N–H and O–H groups in total. The first-order chi connectivity index (χ1) is 11.0. The zero-order valence-corrected chi connectivity index (χ0v) is 19.5. The first-order valence-corrected chi connectivity index (χ1v) is 21.4. The van der Waals surface area contributed by atoms with Crippen LogP contribution in [0.15, 0.2) is 0 Å². The standard InChI is InChI=1S/2C4H8O2S.2C4H9.Sn/c2*1-6-4(5)2-3-7;2*1-3-4-2;/h2*7H,2-3H2,1H3;2*1,3-4H2,2H3;/q;;;;+2/p-2. The first kappa shape index (κ1) is 23.4. The van der Waals surface area contributed by atoms with Gasteiger partial charge >= 0.3 is 151 Å². The summed E-state index contributed by atoms with van der Waals surface area (Å²) in [6, 6.07) is 0. The molecule has 0 bridgehead atoms. The van der Waals surface area contributed by atoms with Gasteiger partial charge in [-0.1, -0.05) is 0 Å². The van der Waals surface area contributed by atoms with Crippen LogP contribution in [0, 0.1) is 0 Å². The Balaban J connectivity index is 4.70. The van der Waals surface area contributed by atoms with Crippen molar-refractivity contribution >= 4 is 45.4 Å². The molecule has 0 rings (SSSR count). The average molecular weight is 471 g/mol. The number of esters is 2. The maximum atomic E-state index is 11.4. The van der Waals surface area contributed by atoms with Crippen LogP contribution in [0.1, 0.15) is 52.4 Å². The van der Waals surface area contributed by atoms with Crippen LogP contribution in [-0.2, 0) is 19.1 Å². The van der Waals surface area contributed by atoms with Gasteiger partial charge in [-0.2, -0.15) is 0 Å². The van der Waals surface area contributed by atoms with Gasteiger partial charge in [0.05, 0.1) is 0 Å². The zero-order chi connectivity index (χ0) is 17.6. The summed E-state index contributed by atoms with van der Waals surface area (Å²) in [5.74, 6) is 1.48. The molecule has 0 atom stereocenters. The second kappa shape index (κ2) is 14.8. The molecular weight excluding hydrogens is 439 g/mol. The van der Waals surface area contributed by atoms with Gasteiger partial charge in [-0.15, -0.1) is 0 Å². The van der Waals surface area contributed by atoms with Crippen LogP contribution >= 0.6 is 17.9 Å². The summed E-state index contributed by atoms with van der Waals surface area (Å²) in [5.41, 5.74) is 0. The SMILES string of the molecule is CCC[CH2][Sn]([CH2]CCC)([S]CCC(=O)OC)[S]CCC(=O)OC. The normalized spacial score (nSPS) is 11.3. The Hall–Kier alpha value is 0.439. The van der Waals surface area contributed by atoms with Gasteiger partial charge in [0.15, 0.2) is 0 Å². The minimum atomic E-state index is -2.43. The molecule has 0 amide bonds. The van der Waals surface area contributed by atoms with Gasteiger partial charge < -0.3 is 0 Å². The topological polar surface area (TPSA) is 52.6 Å². The van der Waals surface area contributed by atoms with Gasteiger partial charge in [0, 0.05) is 0 Å². The monoisotopic (exact) mass is 472 g/mol. The third kappa shape index (κ3) is 11.6. The maximum absolute atomic E-state index is 11.4. The Morgan fingerprint density at radius 2 is 1.22 bits per heavy atom. The van der Waals surface area contributed by atoms with E-state index in [4.69, 9.17) is 9.47 Å². The summed E-state index contributed by atoms with van der Waals surface area (Å²) in [5, 5.41) is 0. The summed E-state index contributed by atoms with van der Waals surface area (Å²) in [6.45, 7) is 4.46. The molecule has 7 heteroatoms. The molecular formula is C16H32O4S2Sn. The van der Waals surface area contributed by atoms with Crippen LogP contribution in [0.4, 0.5) is 0 Å². The van der Waals surface area contributed by atoms with Gasteiger partial charge in [-0.3, -0.25) is 0 Å². The Kier molecular flexibility index (Phi) is 15.0. The third-order valence-electron chi connectivity index (χ3n) is 3.62. The number of carbonyl (C=O) groups is 2. The van der Waals surface area contributed by atoms with Crippen LogP contribution in [0.3, 0.4) is 0 Å². The fourth-order valence-electron chi connectivity index (χ4n) is 2.19. The first-order valence-electron chi connectivity index (χ1n) is 8.45. The molecule has 0 unspecified atom stereocenters. The number of hydrogen-bond acceptors (Lipinski definition) is 6.